The number of esters is 1. The lowest BCUT2D eigenvalue weighted by Gasteiger charge is -2.09. The highest BCUT2D eigenvalue weighted by atomic mass is 19.4. The highest BCUT2D eigenvalue weighted by Gasteiger charge is 2.38. The second-order valence-electron chi connectivity index (χ2n) is 4.52. The topological polar surface area (TPSA) is 55.4 Å². The summed E-state index contributed by atoms with van der Waals surface area (Å²) in [6, 6.07) is 4.98. The molecular formula is C13H14F3NO3. The van der Waals surface area contributed by atoms with Gasteiger partial charge >= 0.3 is 18.1 Å². The molecule has 0 unspecified atom stereocenters. The number of amides is 1. The van der Waals surface area contributed by atoms with Gasteiger partial charge in [-0.25, -0.2) is 4.79 Å². The summed E-state index contributed by atoms with van der Waals surface area (Å²) < 4.78 is 41.1. The fourth-order valence-electron chi connectivity index (χ4n) is 1.22. The van der Waals surface area contributed by atoms with E-state index in [0.29, 0.717) is 0 Å². The molecule has 1 rings (SSSR count). The van der Waals surface area contributed by atoms with Crippen LogP contribution in [0.4, 0.5) is 18.9 Å². The van der Waals surface area contributed by atoms with Crippen LogP contribution in [0.15, 0.2) is 24.3 Å². The number of carbonyl (C=O) groups excluding carboxylic acids is 2. The quantitative estimate of drug-likeness (QED) is 0.867. The minimum atomic E-state index is -4.95. The van der Waals surface area contributed by atoms with Crippen molar-refractivity contribution in [2.24, 2.45) is 5.92 Å². The number of anilines is 1. The molecule has 0 atom stereocenters. The van der Waals surface area contributed by atoms with Crippen LogP contribution in [0.2, 0.25) is 0 Å². The van der Waals surface area contributed by atoms with Crippen molar-refractivity contribution in [2.45, 2.75) is 20.0 Å². The maximum absolute atomic E-state index is 12.0. The molecule has 7 heteroatoms. The molecule has 0 radical (unpaired) electrons. The Balaban J connectivity index is 2.65. The molecule has 0 saturated carbocycles. The van der Waals surface area contributed by atoms with Crippen LogP contribution >= 0.6 is 0 Å². The normalized spacial score (nSPS) is 11.3. The molecule has 1 aromatic rings. The molecule has 0 fully saturated rings. The van der Waals surface area contributed by atoms with Crippen LogP contribution in [-0.2, 0) is 9.53 Å². The van der Waals surface area contributed by atoms with Gasteiger partial charge in [0.2, 0.25) is 0 Å². The van der Waals surface area contributed by atoms with E-state index in [2.05, 4.69) is 0 Å². The molecule has 0 spiro atoms. The predicted molar refractivity (Wildman–Crippen MR) is 66.2 cm³/mol. The van der Waals surface area contributed by atoms with Gasteiger partial charge in [0, 0.05) is 5.69 Å². The third-order valence-corrected chi connectivity index (χ3v) is 2.18. The number of carbonyl (C=O) groups is 2. The number of benzene rings is 1. The van der Waals surface area contributed by atoms with E-state index < -0.39 is 18.1 Å². The lowest BCUT2D eigenvalue weighted by Crippen LogP contribution is -2.29. The zero-order chi connectivity index (χ0) is 15.3. The Morgan fingerprint density at radius 3 is 2.20 bits per heavy atom. The van der Waals surface area contributed by atoms with Crippen LogP contribution in [0.5, 0.6) is 0 Å². The van der Waals surface area contributed by atoms with E-state index in [-0.39, 0.29) is 23.8 Å². The van der Waals surface area contributed by atoms with Crippen molar-refractivity contribution in [3.05, 3.63) is 29.8 Å². The van der Waals surface area contributed by atoms with Crippen LogP contribution < -0.4 is 5.32 Å². The molecule has 0 aliphatic carbocycles. The fraction of sp³-hybridized carbons (Fsp3) is 0.385. The summed E-state index contributed by atoms with van der Waals surface area (Å²) in [5, 5.41) is 1.68. The highest BCUT2D eigenvalue weighted by Crippen LogP contribution is 2.18. The molecular weight excluding hydrogens is 275 g/mol. The van der Waals surface area contributed by atoms with Gasteiger partial charge in [-0.2, -0.15) is 13.2 Å². The van der Waals surface area contributed by atoms with Crippen LogP contribution in [0, 0.1) is 5.92 Å². The fourth-order valence-corrected chi connectivity index (χ4v) is 1.22. The minimum absolute atomic E-state index is 0.0484. The van der Waals surface area contributed by atoms with Crippen molar-refractivity contribution < 1.29 is 27.5 Å². The Kier molecular flexibility index (Phi) is 5.12. The molecule has 0 bridgehead atoms. The summed E-state index contributed by atoms with van der Waals surface area (Å²) in [7, 11) is 0. The average molecular weight is 289 g/mol. The van der Waals surface area contributed by atoms with Crippen molar-refractivity contribution in [1.82, 2.24) is 0 Å². The van der Waals surface area contributed by atoms with Gasteiger partial charge in [0.05, 0.1) is 12.2 Å². The maximum Gasteiger partial charge on any atom is 0.471 e. The first kappa shape index (κ1) is 16.0. The molecule has 0 saturated heterocycles. The summed E-state index contributed by atoms with van der Waals surface area (Å²) in [4.78, 5) is 22.3. The van der Waals surface area contributed by atoms with Crippen molar-refractivity contribution in [3.63, 3.8) is 0 Å². The van der Waals surface area contributed by atoms with Crippen molar-refractivity contribution in [2.75, 3.05) is 11.9 Å². The van der Waals surface area contributed by atoms with Gasteiger partial charge in [0.25, 0.3) is 0 Å². The van der Waals surface area contributed by atoms with Crippen molar-refractivity contribution >= 4 is 17.6 Å². The van der Waals surface area contributed by atoms with E-state index in [9.17, 15) is 22.8 Å². The standard InChI is InChI=1S/C13H14F3NO3/c1-8(2)7-20-11(18)9-3-5-10(6-4-9)17-12(19)13(14,15)16/h3-6,8H,7H2,1-2H3,(H,17,19). The third-order valence-electron chi connectivity index (χ3n) is 2.18. The van der Waals surface area contributed by atoms with Crippen LogP contribution in [0.3, 0.4) is 0 Å². The Bertz CT molecular complexity index is 481. The van der Waals surface area contributed by atoms with E-state index in [1.54, 1.807) is 5.32 Å². The molecule has 1 aromatic carbocycles. The molecule has 0 aliphatic rings. The summed E-state index contributed by atoms with van der Waals surface area (Å²) >= 11 is 0. The van der Waals surface area contributed by atoms with Gasteiger partial charge in [-0.05, 0) is 30.2 Å². The Labute approximate surface area is 113 Å². The molecule has 1 N–H and O–H groups in total. The number of hydrogen-bond acceptors (Lipinski definition) is 3. The van der Waals surface area contributed by atoms with Crippen molar-refractivity contribution in [3.8, 4) is 0 Å². The van der Waals surface area contributed by atoms with Gasteiger partial charge in [0.1, 0.15) is 0 Å². The first-order valence-corrected chi connectivity index (χ1v) is 5.85. The monoisotopic (exact) mass is 289 g/mol. The Morgan fingerprint density at radius 1 is 1.20 bits per heavy atom. The third kappa shape index (κ3) is 4.91. The summed E-state index contributed by atoms with van der Waals surface area (Å²) in [5.74, 6) is -2.44. The Hall–Kier alpha value is -2.05. The molecule has 1 amide bonds. The smallest absolute Gasteiger partial charge is 0.462 e. The van der Waals surface area contributed by atoms with E-state index in [1.807, 2.05) is 13.8 Å². The molecule has 0 heterocycles. The second kappa shape index (κ2) is 6.40. The van der Waals surface area contributed by atoms with Gasteiger partial charge in [0.15, 0.2) is 0 Å². The van der Waals surface area contributed by atoms with Gasteiger partial charge in [-0.15, -0.1) is 0 Å². The van der Waals surface area contributed by atoms with Gasteiger partial charge in [-0.1, -0.05) is 13.8 Å². The SMILES string of the molecule is CC(C)COC(=O)c1ccc(NC(=O)C(F)(F)F)cc1. The van der Waals surface area contributed by atoms with E-state index in [1.165, 1.54) is 24.3 Å². The van der Waals surface area contributed by atoms with E-state index in [0.717, 1.165) is 0 Å². The van der Waals surface area contributed by atoms with Crippen molar-refractivity contribution in [1.29, 1.82) is 0 Å². The number of hydrogen-bond donors (Lipinski definition) is 1. The zero-order valence-electron chi connectivity index (χ0n) is 11.0. The lowest BCUT2D eigenvalue weighted by atomic mass is 10.2. The first-order valence-electron chi connectivity index (χ1n) is 5.85. The highest BCUT2D eigenvalue weighted by molar-refractivity contribution is 5.95. The largest absolute Gasteiger partial charge is 0.471 e. The minimum Gasteiger partial charge on any atom is -0.462 e. The Morgan fingerprint density at radius 2 is 1.75 bits per heavy atom. The summed E-state index contributed by atoms with van der Waals surface area (Å²) in [6.45, 7) is 4.01. The first-order chi connectivity index (χ1) is 9.20. The van der Waals surface area contributed by atoms with Crippen LogP contribution in [-0.4, -0.2) is 24.7 Å². The number of halogens is 3. The molecule has 0 aliphatic heterocycles. The van der Waals surface area contributed by atoms with Gasteiger partial charge in [-0.3, -0.25) is 4.79 Å². The van der Waals surface area contributed by atoms with Crippen LogP contribution in [0.1, 0.15) is 24.2 Å². The number of nitrogens with one attached hydrogen (secondary N) is 1. The molecule has 110 valence electrons. The summed E-state index contributed by atoms with van der Waals surface area (Å²) in [5.41, 5.74) is 0.156. The number of ether oxygens (including phenoxy) is 1. The van der Waals surface area contributed by atoms with Crippen LogP contribution in [0.25, 0.3) is 0 Å². The maximum atomic E-state index is 12.0. The average Bonchev–Trinajstić information content (AvgIpc) is 2.35. The molecule has 4 nitrogen and oxygen atoms in total. The molecule has 0 aromatic heterocycles. The zero-order valence-corrected chi connectivity index (χ0v) is 11.0. The summed E-state index contributed by atoms with van der Waals surface area (Å²) in [6.07, 6.45) is -4.95. The number of alkyl halides is 3. The van der Waals surface area contributed by atoms with E-state index in [4.69, 9.17) is 4.74 Å². The lowest BCUT2D eigenvalue weighted by molar-refractivity contribution is -0.167. The second-order valence-corrected chi connectivity index (χ2v) is 4.52. The predicted octanol–water partition coefficient (Wildman–Crippen LogP) is 3.00. The van der Waals surface area contributed by atoms with E-state index >= 15 is 0 Å². The van der Waals surface area contributed by atoms with Gasteiger partial charge < -0.3 is 10.1 Å². The molecule has 20 heavy (non-hydrogen) atoms. The number of rotatable bonds is 4.